The van der Waals surface area contributed by atoms with E-state index in [1.54, 1.807) is 19.1 Å². The highest BCUT2D eigenvalue weighted by molar-refractivity contribution is 5.66. The number of hydrogen-bond acceptors (Lipinski definition) is 1. The maximum atomic E-state index is 13.8. The minimum absolute atomic E-state index is 0.175. The Hall–Kier alpha value is -1.70. The van der Waals surface area contributed by atoms with Gasteiger partial charge in [-0.1, -0.05) is 43.7 Å². The van der Waals surface area contributed by atoms with E-state index in [4.69, 9.17) is 0 Å². The van der Waals surface area contributed by atoms with Gasteiger partial charge in [0.15, 0.2) is 0 Å². The lowest BCUT2D eigenvalue weighted by molar-refractivity contribution is -0.104. The second-order valence-electron chi connectivity index (χ2n) is 6.27. The molecule has 0 bridgehead atoms. The van der Waals surface area contributed by atoms with E-state index in [0.29, 0.717) is 0 Å². The molecule has 1 rings (SSSR count). The van der Waals surface area contributed by atoms with Gasteiger partial charge < -0.3 is 0 Å². The summed E-state index contributed by atoms with van der Waals surface area (Å²) in [5.74, 6) is 0.00500. The minimum atomic E-state index is -0.278. The largest absolute Gasteiger partial charge is 0.299 e. The quantitative estimate of drug-likeness (QED) is 0.283. The lowest BCUT2D eigenvalue weighted by atomic mass is 9.68. The summed E-state index contributed by atoms with van der Waals surface area (Å²) in [5.41, 5.74) is 2.29. The number of carbonyl (C=O) groups is 1. The molecule has 0 N–H and O–H groups in total. The molecule has 0 aromatic heterocycles. The van der Waals surface area contributed by atoms with E-state index in [1.807, 2.05) is 6.08 Å². The van der Waals surface area contributed by atoms with Gasteiger partial charge in [-0.05, 0) is 55.9 Å². The number of halogens is 1. The molecule has 1 nitrogen and oxygen atoms in total. The summed E-state index contributed by atoms with van der Waals surface area (Å²) in [6.45, 7) is 8.37. The number of hydrogen-bond donors (Lipinski definition) is 0. The predicted octanol–water partition coefficient (Wildman–Crippen LogP) is 5.48. The zero-order chi connectivity index (χ0) is 15.9. The van der Waals surface area contributed by atoms with Gasteiger partial charge in [0.1, 0.15) is 12.1 Å². The maximum absolute atomic E-state index is 13.8. The van der Waals surface area contributed by atoms with Gasteiger partial charge in [0.05, 0.1) is 0 Å². The molecule has 2 heteroatoms. The molecule has 0 spiro atoms. The van der Waals surface area contributed by atoms with Crippen LogP contribution in [0.25, 0.3) is 0 Å². The highest BCUT2D eigenvalue weighted by atomic mass is 19.1. The first kappa shape index (κ1) is 17.4. The lowest BCUT2D eigenvalue weighted by Gasteiger charge is -2.36. The Morgan fingerprint density at radius 1 is 1.33 bits per heavy atom. The summed E-state index contributed by atoms with van der Waals surface area (Å²) < 4.78 is 13.8. The molecule has 0 heterocycles. The topological polar surface area (TPSA) is 17.1 Å². The van der Waals surface area contributed by atoms with Crippen molar-refractivity contribution in [3.63, 3.8) is 0 Å². The molecule has 114 valence electrons. The van der Waals surface area contributed by atoms with Gasteiger partial charge in [-0.25, -0.2) is 4.39 Å². The van der Waals surface area contributed by atoms with Crippen molar-refractivity contribution in [2.75, 3.05) is 0 Å². The SMILES string of the molecule is CC1=CCCC(C)(C)C1/C=C/C(F)=C/C=C\C(C)=C\C=O. The van der Waals surface area contributed by atoms with Gasteiger partial charge in [0.2, 0.25) is 0 Å². The summed E-state index contributed by atoms with van der Waals surface area (Å²) in [6.07, 6.45) is 14.9. The third-order valence-corrected chi connectivity index (χ3v) is 3.98. The highest BCUT2D eigenvalue weighted by Gasteiger charge is 2.30. The lowest BCUT2D eigenvalue weighted by Crippen LogP contribution is -2.26. The maximum Gasteiger partial charge on any atom is 0.143 e. The molecule has 0 radical (unpaired) electrons. The van der Waals surface area contributed by atoms with E-state index in [1.165, 1.54) is 23.8 Å². The fourth-order valence-electron chi connectivity index (χ4n) is 2.68. The van der Waals surface area contributed by atoms with Gasteiger partial charge in [-0.15, -0.1) is 0 Å². The molecule has 0 saturated heterocycles. The van der Waals surface area contributed by atoms with E-state index < -0.39 is 0 Å². The summed E-state index contributed by atoms with van der Waals surface area (Å²) in [6, 6.07) is 0. The van der Waals surface area contributed by atoms with Gasteiger partial charge in [0.25, 0.3) is 0 Å². The van der Waals surface area contributed by atoms with Gasteiger partial charge >= 0.3 is 0 Å². The number of aldehydes is 1. The van der Waals surface area contributed by atoms with Crippen LogP contribution in [-0.2, 0) is 4.79 Å². The molecule has 21 heavy (non-hydrogen) atoms. The van der Waals surface area contributed by atoms with Crippen molar-refractivity contribution >= 4 is 6.29 Å². The van der Waals surface area contributed by atoms with Crippen molar-refractivity contribution in [1.29, 1.82) is 0 Å². The van der Waals surface area contributed by atoms with Crippen molar-refractivity contribution < 1.29 is 9.18 Å². The molecule has 1 aliphatic carbocycles. The Morgan fingerprint density at radius 3 is 2.67 bits per heavy atom. The highest BCUT2D eigenvalue weighted by Crippen LogP contribution is 2.41. The van der Waals surface area contributed by atoms with E-state index in [-0.39, 0.29) is 17.2 Å². The van der Waals surface area contributed by atoms with Crippen LogP contribution in [0.4, 0.5) is 4.39 Å². The Labute approximate surface area is 127 Å². The van der Waals surface area contributed by atoms with Gasteiger partial charge in [0, 0.05) is 5.92 Å². The molecule has 0 aromatic carbocycles. The van der Waals surface area contributed by atoms with E-state index >= 15 is 0 Å². The van der Waals surface area contributed by atoms with Crippen LogP contribution in [0.15, 0.2) is 59.5 Å². The molecule has 0 fully saturated rings. The number of carbonyl (C=O) groups excluding carboxylic acids is 1. The minimum Gasteiger partial charge on any atom is -0.299 e. The van der Waals surface area contributed by atoms with Crippen LogP contribution in [-0.4, -0.2) is 6.29 Å². The summed E-state index contributed by atoms with van der Waals surface area (Å²) in [5, 5.41) is 0. The van der Waals surface area contributed by atoms with Crippen molar-refractivity contribution in [1.82, 2.24) is 0 Å². The molecule has 1 aliphatic rings. The Bertz CT molecular complexity index is 516. The molecule has 0 saturated carbocycles. The van der Waals surface area contributed by atoms with Crippen LogP contribution in [0, 0.1) is 11.3 Å². The molecule has 1 atom stereocenters. The average molecular weight is 288 g/mol. The van der Waals surface area contributed by atoms with Crippen molar-refractivity contribution in [2.45, 2.75) is 40.5 Å². The number of allylic oxidation sites excluding steroid dienone is 10. The standard InChI is InChI=1S/C19H25FO/c1-15(12-14-21)7-5-9-17(20)10-11-18-16(2)8-6-13-19(18,3)4/h5,7-12,14,18H,6,13H2,1-4H3/b7-5-,11-10+,15-12+,17-9-. The molecule has 0 aromatic rings. The molecule has 0 amide bonds. The van der Waals surface area contributed by atoms with Crippen LogP contribution in [0.5, 0.6) is 0 Å². The summed E-state index contributed by atoms with van der Waals surface area (Å²) in [7, 11) is 0. The third-order valence-electron chi connectivity index (χ3n) is 3.98. The van der Waals surface area contributed by atoms with Crippen molar-refractivity contribution in [3.8, 4) is 0 Å². The van der Waals surface area contributed by atoms with Gasteiger partial charge in [-0.3, -0.25) is 4.79 Å². The number of rotatable bonds is 5. The first-order valence-electron chi connectivity index (χ1n) is 7.37. The fraction of sp³-hybridized carbons (Fsp3) is 0.421. The molecular formula is C19H25FO. The first-order chi connectivity index (χ1) is 9.86. The Kier molecular flexibility index (Phi) is 6.54. The third kappa shape index (κ3) is 5.66. The zero-order valence-corrected chi connectivity index (χ0v) is 13.4. The first-order valence-corrected chi connectivity index (χ1v) is 7.37. The van der Waals surface area contributed by atoms with Crippen LogP contribution >= 0.6 is 0 Å². The Morgan fingerprint density at radius 2 is 2.05 bits per heavy atom. The molecular weight excluding hydrogens is 263 g/mol. The van der Waals surface area contributed by atoms with E-state index in [9.17, 15) is 9.18 Å². The second kappa shape index (κ2) is 7.92. The Balaban J connectivity index is 2.75. The van der Waals surface area contributed by atoms with Crippen molar-refractivity contribution in [2.24, 2.45) is 11.3 Å². The monoisotopic (exact) mass is 288 g/mol. The van der Waals surface area contributed by atoms with E-state index in [0.717, 1.165) is 24.7 Å². The van der Waals surface area contributed by atoms with Crippen LogP contribution in [0.1, 0.15) is 40.5 Å². The van der Waals surface area contributed by atoms with Crippen LogP contribution in [0.3, 0.4) is 0 Å². The second-order valence-corrected chi connectivity index (χ2v) is 6.27. The normalized spacial score (nSPS) is 23.7. The van der Waals surface area contributed by atoms with Crippen LogP contribution < -0.4 is 0 Å². The van der Waals surface area contributed by atoms with E-state index in [2.05, 4.69) is 26.8 Å². The molecule has 1 unspecified atom stereocenters. The predicted molar refractivity (Wildman–Crippen MR) is 87.6 cm³/mol. The zero-order valence-electron chi connectivity index (χ0n) is 13.4. The fourth-order valence-corrected chi connectivity index (χ4v) is 2.68. The van der Waals surface area contributed by atoms with Crippen molar-refractivity contribution in [3.05, 3.63) is 59.5 Å². The molecule has 0 aliphatic heterocycles. The summed E-state index contributed by atoms with van der Waals surface area (Å²) in [4.78, 5) is 10.3. The van der Waals surface area contributed by atoms with Gasteiger partial charge in [-0.2, -0.15) is 0 Å². The summed E-state index contributed by atoms with van der Waals surface area (Å²) >= 11 is 0. The van der Waals surface area contributed by atoms with Crippen LogP contribution in [0.2, 0.25) is 0 Å². The average Bonchev–Trinajstić information content (AvgIpc) is 2.37. The smallest absolute Gasteiger partial charge is 0.143 e.